The molecular weight excluding hydrogens is 290 g/mol. The summed E-state index contributed by atoms with van der Waals surface area (Å²) in [6.07, 6.45) is 0. The predicted octanol–water partition coefficient (Wildman–Crippen LogP) is 4.89. The van der Waals surface area contributed by atoms with Crippen molar-refractivity contribution in [3.8, 4) is 11.5 Å². The first-order valence-corrected chi connectivity index (χ1v) is 7.13. The summed E-state index contributed by atoms with van der Waals surface area (Å²) in [6.45, 7) is 4.31. The molecule has 0 fully saturated rings. The van der Waals surface area contributed by atoms with Gasteiger partial charge >= 0.3 is 0 Å². The lowest BCUT2D eigenvalue weighted by Crippen LogP contribution is -2.08. The lowest BCUT2D eigenvalue weighted by molar-refractivity contribution is 0.482. The van der Waals surface area contributed by atoms with Gasteiger partial charge in [0, 0.05) is 5.56 Å². The first-order chi connectivity index (χ1) is 9.47. The zero-order valence-electron chi connectivity index (χ0n) is 11.4. The Morgan fingerprint density at radius 2 is 1.80 bits per heavy atom. The van der Waals surface area contributed by atoms with E-state index in [4.69, 9.17) is 34.3 Å². The lowest BCUT2D eigenvalue weighted by Gasteiger charge is -2.10. The van der Waals surface area contributed by atoms with Gasteiger partial charge in [0.2, 0.25) is 0 Å². The fraction of sp³-hybridized carbons (Fsp3) is 0.188. The standard InChI is InChI=1S/C16H16ClNOS/c1-10(2)11-3-6-13(7-4-11)19-15-8-5-12(16(18)20)9-14(15)17/h3-10H,1-2H3,(H2,18,20). The first kappa shape index (κ1) is 14.8. The minimum Gasteiger partial charge on any atom is -0.456 e. The third kappa shape index (κ3) is 3.50. The van der Waals surface area contributed by atoms with E-state index in [-0.39, 0.29) is 0 Å². The highest BCUT2D eigenvalue weighted by Gasteiger charge is 2.06. The molecular formula is C16H16ClNOS. The first-order valence-electron chi connectivity index (χ1n) is 6.34. The summed E-state index contributed by atoms with van der Waals surface area (Å²) in [5.41, 5.74) is 7.56. The van der Waals surface area contributed by atoms with E-state index >= 15 is 0 Å². The van der Waals surface area contributed by atoms with Gasteiger partial charge in [-0.25, -0.2) is 0 Å². The number of ether oxygens (including phenoxy) is 1. The Balaban J connectivity index is 2.19. The summed E-state index contributed by atoms with van der Waals surface area (Å²) in [4.78, 5) is 0.319. The van der Waals surface area contributed by atoms with E-state index in [1.165, 1.54) is 5.56 Å². The molecule has 0 saturated carbocycles. The van der Waals surface area contributed by atoms with Crippen LogP contribution in [0.2, 0.25) is 5.02 Å². The molecule has 2 aromatic carbocycles. The lowest BCUT2D eigenvalue weighted by atomic mass is 10.0. The molecule has 0 atom stereocenters. The highest BCUT2D eigenvalue weighted by atomic mass is 35.5. The van der Waals surface area contributed by atoms with Crippen LogP contribution in [0.1, 0.15) is 30.9 Å². The van der Waals surface area contributed by atoms with E-state index < -0.39 is 0 Å². The van der Waals surface area contributed by atoms with E-state index in [1.54, 1.807) is 18.2 Å². The third-order valence-electron chi connectivity index (χ3n) is 2.99. The Morgan fingerprint density at radius 1 is 1.15 bits per heavy atom. The van der Waals surface area contributed by atoms with Crippen molar-refractivity contribution in [3.05, 3.63) is 58.6 Å². The maximum Gasteiger partial charge on any atom is 0.146 e. The van der Waals surface area contributed by atoms with Gasteiger partial charge in [-0.3, -0.25) is 0 Å². The molecule has 0 spiro atoms. The minimum atomic E-state index is 0.319. The van der Waals surface area contributed by atoms with Crippen LogP contribution in [-0.4, -0.2) is 4.99 Å². The molecule has 0 amide bonds. The number of hydrogen-bond acceptors (Lipinski definition) is 2. The van der Waals surface area contributed by atoms with Crippen molar-refractivity contribution in [2.24, 2.45) is 5.73 Å². The van der Waals surface area contributed by atoms with E-state index in [2.05, 4.69) is 26.0 Å². The molecule has 0 bridgehead atoms. The van der Waals surface area contributed by atoms with Gasteiger partial charge in [0.25, 0.3) is 0 Å². The van der Waals surface area contributed by atoms with Gasteiger partial charge in [0.15, 0.2) is 0 Å². The van der Waals surface area contributed by atoms with E-state index in [0.717, 1.165) is 11.3 Å². The van der Waals surface area contributed by atoms with Crippen LogP contribution in [0.4, 0.5) is 0 Å². The number of thiocarbonyl (C=S) groups is 1. The van der Waals surface area contributed by atoms with Crippen molar-refractivity contribution in [2.45, 2.75) is 19.8 Å². The molecule has 0 saturated heterocycles. The van der Waals surface area contributed by atoms with Crippen molar-refractivity contribution in [1.82, 2.24) is 0 Å². The molecule has 4 heteroatoms. The minimum absolute atomic E-state index is 0.319. The van der Waals surface area contributed by atoms with Crippen molar-refractivity contribution < 1.29 is 4.74 Å². The van der Waals surface area contributed by atoms with Gasteiger partial charge in [-0.05, 0) is 41.8 Å². The molecule has 0 aromatic heterocycles. The summed E-state index contributed by atoms with van der Waals surface area (Å²) >= 11 is 11.1. The van der Waals surface area contributed by atoms with Crippen LogP contribution in [0.15, 0.2) is 42.5 Å². The normalized spacial score (nSPS) is 10.6. The van der Waals surface area contributed by atoms with Gasteiger partial charge in [0.05, 0.1) is 5.02 Å². The van der Waals surface area contributed by atoms with Gasteiger partial charge in [-0.2, -0.15) is 0 Å². The number of benzene rings is 2. The largest absolute Gasteiger partial charge is 0.456 e. The second kappa shape index (κ2) is 6.25. The van der Waals surface area contributed by atoms with Crippen LogP contribution in [0.3, 0.4) is 0 Å². The smallest absolute Gasteiger partial charge is 0.146 e. The van der Waals surface area contributed by atoms with Gasteiger partial charge in [0.1, 0.15) is 16.5 Å². The summed E-state index contributed by atoms with van der Waals surface area (Å²) < 4.78 is 5.76. The Hall–Kier alpha value is -1.58. The molecule has 0 heterocycles. The quantitative estimate of drug-likeness (QED) is 0.817. The van der Waals surface area contributed by atoms with Crippen LogP contribution in [0.5, 0.6) is 11.5 Å². The number of halogens is 1. The third-order valence-corrected chi connectivity index (χ3v) is 3.52. The maximum absolute atomic E-state index is 6.16. The molecule has 0 aliphatic heterocycles. The molecule has 0 aliphatic rings. The van der Waals surface area contributed by atoms with E-state index in [9.17, 15) is 0 Å². The molecule has 2 rings (SSSR count). The zero-order chi connectivity index (χ0) is 14.7. The van der Waals surface area contributed by atoms with Crippen LogP contribution < -0.4 is 10.5 Å². The Labute approximate surface area is 129 Å². The van der Waals surface area contributed by atoms with Gasteiger partial charge in [-0.1, -0.05) is 49.8 Å². The Bertz CT molecular complexity index is 623. The van der Waals surface area contributed by atoms with Crippen LogP contribution in [0.25, 0.3) is 0 Å². The SMILES string of the molecule is CC(C)c1ccc(Oc2ccc(C(N)=S)cc2Cl)cc1. The zero-order valence-corrected chi connectivity index (χ0v) is 13.0. The summed E-state index contributed by atoms with van der Waals surface area (Å²) in [7, 11) is 0. The second-order valence-electron chi connectivity index (χ2n) is 4.84. The fourth-order valence-corrected chi connectivity index (χ4v) is 2.13. The fourth-order valence-electron chi connectivity index (χ4n) is 1.78. The van der Waals surface area contributed by atoms with Crippen LogP contribution in [-0.2, 0) is 0 Å². The van der Waals surface area contributed by atoms with Crippen molar-refractivity contribution in [2.75, 3.05) is 0 Å². The Morgan fingerprint density at radius 3 is 2.30 bits per heavy atom. The van der Waals surface area contributed by atoms with E-state index in [1.807, 2.05) is 12.1 Å². The highest BCUT2D eigenvalue weighted by molar-refractivity contribution is 7.80. The number of hydrogen-bond donors (Lipinski definition) is 1. The van der Waals surface area contributed by atoms with Crippen molar-refractivity contribution >= 4 is 28.8 Å². The summed E-state index contributed by atoms with van der Waals surface area (Å²) in [6, 6.07) is 13.3. The monoisotopic (exact) mass is 305 g/mol. The molecule has 0 radical (unpaired) electrons. The summed E-state index contributed by atoms with van der Waals surface area (Å²) in [5.74, 6) is 1.83. The molecule has 0 unspecified atom stereocenters. The molecule has 2 N–H and O–H groups in total. The number of rotatable bonds is 4. The van der Waals surface area contributed by atoms with Crippen molar-refractivity contribution in [1.29, 1.82) is 0 Å². The molecule has 2 aromatic rings. The predicted molar refractivity (Wildman–Crippen MR) is 87.9 cm³/mol. The Kier molecular flexibility index (Phi) is 4.63. The van der Waals surface area contributed by atoms with Gasteiger partial charge < -0.3 is 10.5 Å². The van der Waals surface area contributed by atoms with Crippen LogP contribution >= 0.6 is 23.8 Å². The average Bonchev–Trinajstić information content (AvgIpc) is 2.41. The van der Waals surface area contributed by atoms with E-state index in [0.29, 0.717) is 21.7 Å². The highest BCUT2D eigenvalue weighted by Crippen LogP contribution is 2.30. The molecule has 0 aliphatic carbocycles. The molecule has 104 valence electrons. The molecule has 2 nitrogen and oxygen atoms in total. The summed E-state index contributed by atoms with van der Waals surface area (Å²) in [5, 5.41) is 0.489. The van der Waals surface area contributed by atoms with Gasteiger partial charge in [-0.15, -0.1) is 0 Å². The maximum atomic E-state index is 6.16. The van der Waals surface area contributed by atoms with Crippen molar-refractivity contribution in [3.63, 3.8) is 0 Å². The van der Waals surface area contributed by atoms with Crippen LogP contribution in [0, 0.1) is 0 Å². The second-order valence-corrected chi connectivity index (χ2v) is 5.68. The number of nitrogens with two attached hydrogens (primary N) is 1. The average molecular weight is 306 g/mol. The molecule has 20 heavy (non-hydrogen) atoms. The topological polar surface area (TPSA) is 35.2 Å².